The van der Waals surface area contributed by atoms with Crippen molar-refractivity contribution >= 4 is 5.91 Å². The molecule has 164 valence electrons. The summed E-state index contributed by atoms with van der Waals surface area (Å²) >= 11 is 0. The fraction of sp³-hybridized carbons (Fsp3) is 0.292. The average Bonchev–Trinajstić information content (AvgIpc) is 3.59. The van der Waals surface area contributed by atoms with Gasteiger partial charge in [0.1, 0.15) is 11.6 Å². The van der Waals surface area contributed by atoms with E-state index >= 15 is 0 Å². The maximum atomic E-state index is 13.9. The van der Waals surface area contributed by atoms with Crippen LogP contribution in [0.25, 0.3) is 0 Å². The molecular weight excluding hydrogens is 419 g/mol. The second-order valence-corrected chi connectivity index (χ2v) is 8.39. The molecule has 1 fully saturated rings. The summed E-state index contributed by atoms with van der Waals surface area (Å²) in [7, 11) is 0. The number of halogens is 3. The Balaban J connectivity index is 1.39. The Kier molecular flexibility index (Phi) is 4.87. The second kappa shape index (κ2) is 7.62. The number of aromatic nitrogens is 2. The monoisotopic (exact) mass is 439 g/mol. The van der Waals surface area contributed by atoms with Gasteiger partial charge in [0.05, 0.1) is 29.6 Å². The van der Waals surface area contributed by atoms with Crippen LogP contribution in [0.4, 0.5) is 13.2 Å². The molecule has 0 saturated heterocycles. The lowest BCUT2D eigenvalue weighted by Crippen LogP contribution is -2.41. The summed E-state index contributed by atoms with van der Waals surface area (Å²) in [6.45, 7) is 0.381. The summed E-state index contributed by atoms with van der Waals surface area (Å²) in [6, 6.07) is 10.1. The maximum absolute atomic E-state index is 13.9. The molecule has 2 heterocycles. The zero-order chi connectivity index (χ0) is 22.5. The highest BCUT2D eigenvalue weighted by atomic mass is 19.2. The smallest absolute Gasteiger partial charge is 0.256 e. The number of nitrogens with zero attached hydrogens (tertiary/aromatic N) is 2. The number of carbonyl (C=O) groups is 1. The second-order valence-electron chi connectivity index (χ2n) is 8.39. The molecule has 5 nitrogen and oxygen atoms in total. The fourth-order valence-corrected chi connectivity index (χ4v) is 4.40. The molecule has 1 amide bonds. The quantitative estimate of drug-likeness (QED) is 0.678. The molecule has 1 saturated carbocycles. The maximum Gasteiger partial charge on any atom is 0.256 e. The lowest BCUT2D eigenvalue weighted by atomic mass is 9.94. The van der Waals surface area contributed by atoms with Crippen LogP contribution < -0.4 is 5.56 Å². The molecule has 0 unspecified atom stereocenters. The normalized spacial score (nSPS) is 16.5. The number of amides is 1. The molecule has 0 radical (unpaired) electrons. The Morgan fingerprint density at radius 3 is 2.66 bits per heavy atom. The molecule has 3 aromatic rings. The number of hydrogen-bond donors (Lipinski definition) is 1. The number of hydrogen-bond acceptors (Lipinski definition) is 3. The van der Waals surface area contributed by atoms with E-state index in [0.29, 0.717) is 30.0 Å². The molecule has 1 aliphatic heterocycles. The van der Waals surface area contributed by atoms with Crippen molar-refractivity contribution in [1.29, 1.82) is 0 Å². The van der Waals surface area contributed by atoms with Crippen LogP contribution in [0.1, 0.15) is 41.1 Å². The van der Waals surface area contributed by atoms with Crippen molar-refractivity contribution in [2.45, 2.75) is 37.6 Å². The molecule has 2 aliphatic rings. The first-order valence-electron chi connectivity index (χ1n) is 10.5. The van der Waals surface area contributed by atoms with E-state index in [9.17, 15) is 22.8 Å². The van der Waals surface area contributed by atoms with Crippen molar-refractivity contribution in [3.8, 4) is 0 Å². The number of fused-ring (bicyclic) bond motifs is 1. The lowest BCUT2D eigenvalue weighted by molar-refractivity contribution is -0.131. The molecule has 0 spiro atoms. The minimum atomic E-state index is -1.03. The third kappa shape index (κ3) is 3.49. The predicted molar refractivity (Wildman–Crippen MR) is 110 cm³/mol. The molecule has 2 aromatic carbocycles. The van der Waals surface area contributed by atoms with E-state index in [1.54, 1.807) is 6.07 Å². The summed E-state index contributed by atoms with van der Waals surface area (Å²) < 4.78 is 41.1. The van der Waals surface area contributed by atoms with Crippen LogP contribution in [0.3, 0.4) is 0 Å². The molecule has 0 bridgehead atoms. The Morgan fingerprint density at radius 2 is 1.91 bits per heavy atom. The van der Waals surface area contributed by atoms with Gasteiger partial charge in [-0.25, -0.2) is 18.2 Å². The van der Waals surface area contributed by atoms with Crippen molar-refractivity contribution < 1.29 is 18.0 Å². The summed E-state index contributed by atoms with van der Waals surface area (Å²) in [6.07, 6.45) is 1.62. The average molecular weight is 439 g/mol. The number of aromatic amines is 1. The minimum Gasteiger partial charge on any atom is -0.337 e. The molecule has 5 rings (SSSR count). The largest absolute Gasteiger partial charge is 0.337 e. The topological polar surface area (TPSA) is 66.1 Å². The van der Waals surface area contributed by atoms with Gasteiger partial charge in [-0.3, -0.25) is 9.59 Å². The van der Waals surface area contributed by atoms with Crippen LogP contribution >= 0.6 is 0 Å². The first-order chi connectivity index (χ1) is 15.4. The third-order valence-corrected chi connectivity index (χ3v) is 6.38. The van der Waals surface area contributed by atoms with Gasteiger partial charge >= 0.3 is 0 Å². The van der Waals surface area contributed by atoms with Crippen LogP contribution in [0.5, 0.6) is 0 Å². The summed E-state index contributed by atoms with van der Waals surface area (Å²) in [4.78, 5) is 34.5. The van der Waals surface area contributed by atoms with E-state index in [4.69, 9.17) is 4.98 Å². The van der Waals surface area contributed by atoms with Crippen molar-refractivity contribution in [3.05, 3.63) is 98.5 Å². The first-order valence-corrected chi connectivity index (χ1v) is 10.5. The Morgan fingerprint density at radius 1 is 1.12 bits per heavy atom. The molecule has 1 N–H and O–H groups in total. The van der Waals surface area contributed by atoms with Gasteiger partial charge < -0.3 is 9.88 Å². The Hall–Kier alpha value is -3.42. The molecule has 1 aliphatic carbocycles. The zero-order valence-corrected chi connectivity index (χ0v) is 17.1. The number of benzene rings is 2. The van der Waals surface area contributed by atoms with Gasteiger partial charge in [0.2, 0.25) is 5.91 Å². The highest BCUT2D eigenvalue weighted by molar-refractivity contribution is 5.79. The molecule has 1 aromatic heterocycles. The third-order valence-electron chi connectivity index (χ3n) is 6.38. The van der Waals surface area contributed by atoms with Crippen molar-refractivity contribution in [2.75, 3.05) is 6.54 Å². The van der Waals surface area contributed by atoms with Gasteiger partial charge in [-0.1, -0.05) is 24.3 Å². The van der Waals surface area contributed by atoms with Gasteiger partial charge in [0.15, 0.2) is 11.6 Å². The van der Waals surface area contributed by atoms with Crippen molar-refractivity contribution in [2.24, 2.45) is 0 Å². The summed E-state index contributed by atoms with van der Waals surface area (Å²) in [5.41, 5.74) is 0.954. The van der Waals surface area contributed by atoms with E-state index in [-0.39, 0.29) is 35.8 Å². The van der Waals surface area contributed by atoms with E-state index in [1.165, 1.54) is 29.2 Å². The van der Waals surface area contributed by atoms with E-state index in [0.717, 1.165) is 24.5 Å². The minimum absolute atomic E-state index is 0.0195. The molecule has 8 heteroatoms. The molecular formula is C24H20F3N3O2. The Bertz CT molecular complexity index is 1280. The molecule has 32 heavy (non-hydrogen) atoms. The van der Waals surface area contributed by atoms with E-state index in [2.05, 4.69) is 4.98 Å². The number of H-pyrrole nitrogens is 1. The lowest BCUT2D eigenvalue weighted by Gasteiger charge is -2.28. The van der Waals surface area contributed by atoms with Gasteiger partial charge in [0, 0.05) is 18.5 Å². The highest BCUT2D eigenvalue weighted by Crippen LogP contribution is 2.52. The van der Waals surface area contributed by atoms with E-state index in [1.807, 2.05) is 6.07 Å². The van der Waals surface area contributed by atoms with Crippen LogP contribution in [-0.4, -0.2) is 27.3 Å². The van der Waals surface area contributed by atoms with E-state index < -0.39 is 17.0 Å². The van der Waals surface area contributed by atoms with Crippen LogP contribution in [-0.2, 0) is 29.6 Å². The highest BCUT2D eigenvalue weighted by Gasteiger charge is 2.49. The van der Waals surface area contributed by atoms with Crippen LogP contribution in [0.2, 0.25) is 0 Å². The number of rotatable bonds is 4. The van der Waals surface area contributed by atoms with Crippen LogP contribution in [0.15, 0.2) is 47.3 Å². The zero-order valence-electron chi connectivity index (χ0n) is 17.1. The number of nitrogens with one attached hydrogen (secondary N) is 1. The SMILES string of the molecule is O=C(Cc1cccc(F)c1F)N1CCc2nc(C3(c4cccc(F)c4)CC3)[nH]c(=O)c2C1. The number of carbonyl (C=O) groups excluding carboxylic acids is 1. The van der Waals surface area contributed by atoms with Gasteiger partial charge in [-0.15, -0.1) is 0 Å². The van der Waals surface area contributed by atoms with Crippen molar-refractivity contribution in [1.82, 2.24) is 14.9 Å². The Labute approximate surface area is 181 Å². The summed E-state index contributed by atoms with van der Waals surface area (Å²) in [5.74, 6) is -2.23. The van der Waals surface area contributed by atoms with Gasteiger partial charge in [-0.05, 0) is 36.6 Å². The summed E-state index contributed by atoms with van der Waals surface area (Å²) in [5, 5.41) is 0. The van der Waals surface area contributed by atoms with Crippen LogP contribution in [0, 0.1) is 17.5 Å². The first kappa shape index (κ1) is 20.5. The van der Waals surface area contributed by atoms with Gasteiger partial charge in [0.25, 0.3) is 5.56 Å². The fourth-order valence-electron chi connectivity index (χ4n) is 4.40. The van der Waals surface area contributed by atoms with Crippen molar-refractivity contribution in [3.63, 3.8) is 0 Å². The molecule has 0 atom stereocenters. The predicted octanol–water partition coefficient (Wildman–Crippen LogP) is 3.39. The van der Waals surface area contributed by atoms with Gasteiger partial charge in [-0.2, -0.15) is 0 Å². The standard InChI is InChI=1S/C24H20F3N3O2/c25-16-5-2-4-15(12-16)24(8-9-24)23-28-19-7-10-30(13-17(19)22(32)29-23)20(31)11-14-3-1-6-18(26)21(14)27/h1-6,12H,7-11,13H2,(H,28,29,32).